The number of likely N-dealkylation sites (tertiary alicyclic amines) is 1. The molecule has 2 aliphatic heterocycles. The van der Waals surface area contributed by atoms with Gasteiger partial charge in [-0.15, -0.1) is 0 Å². The molecular formula is C36H39N3O8. The summed E-state index contributed by atoms with van der Waals surface area (Å²) in [4.78, 5) is 40.2. The van der Waals surface area contributed by atoms with E-state index >= 15 is 0 Å². The summed E-state index contributed by atoms with van der Waals surface area (Å²) in [5.41, 5.74) is 7.65. The highest BCUT2D eigenvalue weighted by Gasteiger charge is 2.35. The number of para-hydroxylation sites is 1. The number of rotatable bonds is 12. The Morgan fingerprint density at radius 3 is 2.55 bits per heavy atom. The lowest BCUT2D eigenvalue weighted by Gasteiger charge is -2.42. The maximum Gasteiger partial charge on any atom is 0.250 e. The summed E-state index contributed by atoms with van der Waals surface area (Å²) in [6, 6.07) is 19.6. The highest BCUT2D eigenvalue weighted by molar-refractivity contribution is 5.76. The third kappa shape index (κ3) is 6.90. The molecule has 1 amide bonds. The van der Waals surface area contributed by atoms with Crippen LogP contribution in [0.5, 0.6) is 23.0 Å². The van der Waals surface area contributed by atoms with Crippen LogP contribution in [0.4, 0.5) is 0 Å². The number of ether oxygens (including phenoxy) is 3. The van der Waals surface area contributed by atoms with Gasteiger partial charge in [-0.05, 0) is 42.2 Å². The highest BCUT2D eigenvalue weighted by atomic mass is 16.5. The first-order valence-electron chi connectivity index (χ1n) is 15.7. The smallest absolute Gasteiger partial charge is 0.250 e. The van der Waals surface area contributed by atoms with E-state index in [1.165, 1.54) is 13.2 Å². The monoisotopic (exact) mass is 641 g/mol. The molecule has 1 saturated heterocycles. The summed E-state index contributed by atoms with van der Waals surface area (Å²) < 4.78 is 25.3. The van der Waals surface area contributed by atoms with Gasteiger partial charge in [0.05, 0.1) is 33.3 Å². The second-order valence-electron chi connectivity index (χ2n) is 12.2. The molecule has 3 atom stereocenters. The van der Waals surface area contributed by atoms with Gasteiger partial charge in [-0.1, -0.05) is 30.3 Å². The molecule has 0 saturated carbocycles. The van der Waals surface area contributed by atoms with E-state index in [0.29, 0.717) is 48.9 Å². The van der Waals surface area contributed by atoms with E-state index in [-0.39, 0.29) is 36.2 Å². The van der Waals surface area contributed by atoms with Crippen LogP contribution in [-0.4, -0.2) is 54.4 Å². The molecule has 2 aromatic carbocycles. The number of benzene rings is 2. The summed E-state index contributed by atoms with van der Waals surface area (Å²) >= 11 is 0. The van der Waals surface area contributed by atoms with Crippen molar-refractivity contribution in [1.82, 2.24) is 9.47 Å². The summed E-state index contributed by atoms with van der Waals surface area (Å²) in [7, 11) is 3.13. The first-order valence-corrected chi connectivity index (χ1v) is 15.7. The lowest BCUT2D eigenvalue weighted by Crippen LogP contribution is -2.46. The van der Waals surface area contributed by atoms with Crippen molar-refractivity contribution in [2.75, 3.05) is 33.9 Å². The zero-order chi connectivity index (χ0) is 33.1. The Bertz CT molecular complexity index is 1870. The zero-order valence-corrected chi connectivity index (χ0v) is 26.5. The first kappa shape index (κ1) is 31.9. The molecule has 47 heavy (non-hydrogen) atoms. The van der Waals surface area contributed by atoms with Crippen LogP contribution in [0.2, 0.25) is 0 Å². The van der Waals surface area contributed by atoms with Crippen LogP contribution in [0.25, 0.3) is 0 Å². The molecule has 4 heterocycles. The van der Waals surface area contributed by atoms with E-state index in [1.807, 2.05) is 34.9 Å². The minimum Gasteiger partial charge on any atom is -0.502 e. The molecule has 0 radical (unpaired) electrons. The Labute approximate surface area is 272 Å². The minimum atomic E-state index is -0.925. The van der Waals surface area contributed by atoms with E-state index in [9.17, 15) is 19.5 Å². The average molecular weight is 642 g/mol. The molecule has 6 rings (SSSR count). The Hall–Kier alpha value is -5.03. The maximum absolute atomic E-state index is 13.2. The molecule has 11 heteroatoms. The zero-order valence-electron chi connectivity index (χ0n) is 26.5. The number of carbonyl (C=O) groups is 1. The van der Waals surface area contributed by atoms with Crippen LogP contribution in [0, 0.1) is 5.92 Å². The van der Waals surface area contributed by atoms with Gasteiger partial charge in [0.15, 0.2) is 17.3 Å². The molecule has 2 bridgehead atoms. The molecule has 0 spiro atoms. The second kappa shape index (κ2) is 13.8. The van der Waals surface area contributed by atoms with Gasteiger partial charge >= 0.3 is 0 Å². The van der Waals surface area contributed by atoms with Crippen molar-refractivity contribution in [3.63, 3.8) is 0 Å². The van der Waals surface area contributed by atoms with Gasteiger partial charge < -0.3 is 34.0 Å². The SMILES string of the molecule is COc1ccc(CCOc2c(OC)cccc2[C@@H](CC(N)=O)c2oc(CN3C[C@H]4C[C@@H](C3)c3cccc(=O)n3C4)cc(=O)c2O)cc1. The van der Waals surface area contributed by atoms with Gasteiger partial charge in [0.25, 0.3) is 5.56 Å². The van der Waals surface area contributed by atoms with Crippen LogP contribution in [-0.2, 0) is 24.3 Å². The van der Waals surface area contributed by atoms with E-state index in [4.69, 9.17) is 24.4 Å². The molecule has 11 nitrogen and oxygen atoms in total. The molecule has 3 N–H and O–H groups in total. The molecule has 4 aromatic rings. The van der Waals surface area contributed by atoms with Crippen molar-refractivity contribution in [2.24, 2.45) is 11.7 Å². The van der Waals surface area contributed by atoms with Crippen LogP contribution in [0.3, 0.4) is 0 Å². The fourth-order valence-corrected chi connectivity index (χ4v) is 6.94. The normalized spacial score (nSPS) is 17.8. The van der Waals surface area contributed by atoms with E-state index in [1.54, 1.807) is 37.4 Å². The van der Waals surface area contributed by atoms with E-state index in [2.05, 4.69) is 4.90 Å². The van der Waals surface area contributed by atoms with Gasteiger partial charge in [-0.2, -0.15) is 0 Å². The standard InChI is InChI=1S/C36H39N3O8/c1-44-25-11-9-22(10-12-25)13-14-46-35-27(5-3-7-31(35)45-2)28(17-32(37)41)36-34(43)30(40)16-26(47-36)21-38-18-23-15-24(20-38)29-6-4-8-33(42)39(29)19-23/h3-12,16,23-24,28,43H,13-15,17-21H2,1-2H3,(H2,37,41)/t23-,24+,28-/m1/s1. The Balaban J connectivity index is 1.28. The number of nitrogens with two attached hydrogens (primary N) is 1. The van der Waals surface area contributed by atoms with Crippen molar-refractivity contribution in [1.29, 1.82) is 0 Å². The summed E-state index contributed by atoms with van der Waals surface area (Å²) in [5, 5.41) is 11.0. The average Bonchev–Trinajstić information content (AvgIpc) is 3.06. The van der Waals surface area contributed by atoms with Gasteiger partial charge in [-0.3, -0.25) is 19.3 Å². The van der Waals surface area contributed by atoms with Crippen molar-refractivity contribution in [2.45, 2.75) is 44.2 Å². The molecule has 1 fully saturated rings. The largest absolute Gasteiger partial charge is 0.502 e. The second-order valence-corrected chi connectivity index (χ2v) is 12.2. The number of carbonyl (C=O) groups excluding carboxylic acids is 1. The van der Waals surface area contributed by atoms with Crippen LogP contribution < -0.4 is 30.9 Å². The van der Waals surface area contributed by atoms with Gasteiger partial charge in [0.1, 0.15) is 11.5 Å². The number of primary amides is 1. The molecule has 0 aliphatic carbocycles. The minimum absolute atomic E-state index is 0.0157. The number of pyridine rings is 1. The van der Waals surface area contributed by atoms with Gasteiger partial charge in [-0.25, -0.2) is 0 Å². The lowest BCUT2D eigenvalue weighted by atomic mass is 9.83. The quantitative estimate of drug-likeness (QED) is 0.236. The lowest BCUT2D eigenvalue weighted by molar-refractivity contribution is -0.118. The number of hydrogen-bond acceptors (Lipinski definition) is 9. The van der Waals surface area contributed by atoms with E-state index < -0.39 is 23.0 Å². The summed E-state index contributed by atoms with van der Waals surface area (Å²) in [6.45, 7) is 2.66. The molecule has 2 aliphatic rings. The molecular weight excluding hydrogens is 602 g/mol. The number of methoxy groups -OCH3 is 2. The number of aromatic hydroxyl groups is 1. The van der Waals surface area contributed by atoms with Crippen molar-refractivity contribution in [3.8, 4) is 23.0 Å². The number of aromatic nitrogens is 1. The number of nitrogens with zero attached hydrogens (tertiary/aromatic N) is 2. The number of piperidine rings is 1. The van der Waals surface area contributed by atoms with Crippen LogP contribution >= 0.6 is 0 Å². The molecule has 2 aromatic heterocycles. The Kier molecular flexibility index (Phi) is 9.35. The molecule has 0 unspecified atom stereocenters. The van der Waals surface area contributed by atoms with Crippen molar-refractivity contribution < 1.29 is 28.5 Å². The molecule has 246 valence electrons. The Morgan fingerprint density at radius 2 is 1.81 bits per heavy atom. The maximum atomic E-state index is 13.2. The topological polar surface area (TPSA) is 146 Å². The van der Waals surface area contributed by atoms with E-state index in [0.717, 1.165) is 30.0 Å². The highest BCUT2D eigenvalue weighted by Crippen LogP contribution is 2.42. The van der Waals surface area contributed by atoms with Crippen LogP contribution in [0.15, 0.2) is 80.7 Å². The fraction of sp³-hybridized carbons (Fsp3) is 0.361. The number of hydrogen-bond donors (Lipinski definition) is 2. The van der Waals surface area contributed by atoms with Crippen LogP contribution in [0.1, 0.15) is 53.0 Å². The first-order chi connectivity index (χ1) is 22.7. The summed E-state index contributed by atoms with van der Waals surface area (Å²) in [6.07, 6.45) is 1.32. The Morgan fingerprint density at radius 1 is 1.02 bits per heavy atom. The fourth-order valence-electron chi connectivity index (χ4n) is 6.94. The number of fused-ring (bicyclic) bond motifs is 4. The van der Waals surface area contributed by atoms with Crippen molar-refractivity contribution in [3.05, 3.63) is 116 Å². The third-order valence-corrected chi connectivity index (χ3v) is 9.06. The third-order valence-electron chi connectivity index (χ3n) is 9.06. The summed E-state index contributed by atoms with van der Waals surface area (Å²) in [5.74, 6) is 0.127. The predicted molar refractivity (Wildman–Crippen MR) is 174 cm³/mol. The van der Waals surface area contributed by atoms with Gasteiger partial charge in [0.2, 0.25) is 17.1 Å². The number of amides is 1. The predicted octanol–water partition coefficient (Wildman–Crippen LogP) is 3.77. The van der Waals surface area contributed by atoms with Crippen molar-refractivity contribution >= 4 is 5.91 Å². The van der Waals surface area contributed by atoms with Gasteiger partial charge in [0, 0.05) is 61.8 Å².